The zero-order chi connectivity index (χ0) is 14.7. The number of hydrogen-bond donors (Lipinski definition) is 0. The van der Waals surface area contributed by atoms with Crippen molar-refractivity contribution in [3.05, 3.63) is 53.4 Å². The average Bonchev–Trinajstić information content (AvgIpc) is 2.50. The molecule has 21 heavy (non-hydrogen) atoms. The Morgan fingerprint density at radius 1 is 1.29 bits per heavy atom. The number of ether oxygens (including phenoxy) is 1. The van der Waals surface area contributed by atoms with Gasteiger partial charge in [0.1, 0.15) is 11.9 Å². The van der Waals surface area contributed by atoms with E-state index < -0.39 is 0 Å². The smallest absolute Gasteiger partial charge is 0.125 e. The molecule has 0 spiro atoms. The van der Waals surface area contributed by atoms with Gasteiger partial charge in [-0.15, -0.1) is 0 Å². The van der Waals surface area contributed by atoms with Crippen molar-refractivity contribution >= 4 is 0 Å². The fraction of sp³-hybridized carbons (Fsp3) is 0.438. The average molecular weight is 284 g/mol. The Bertz CT molecular complexity index is 617. The summed E-state index contributed by atoms with van der Waals surface area (Å²) in [6.07, 6.45) is 5.61. The summed E-state index contributed by atoms with van der Waals surface area (Å²) in [6.45, 7) is 7.46. The lowest BCUT2D eigenvalue weighted by Gasteiger charge is -2.32. The molecule has 0 bridgehead atoms. The van der Waals surface area contributed by atoms with Crippen LogP contribution in [0.1, 0.15) is 28.7 Å². The summed E-state index contributed by atoms with van der Waals surface area (Å²) < 4.78 is 5.87. The van der Waals surface area contributed by atoms with Gasteiger partial charge in [0.05, 0.1) is 12.3 Å². The molecule has 1 atom stereocenters. The van der Waals surface area contributed by atoms with Gasteiger partial charge in [0, 0.05) is 38.2 Å². The van der Waals surface area contributed by atoms with Gasteiger partial charge in [0.2, 0.25) is 0 Å². The molecule has 0 amide bonds. The fourth-order valence-corrected chi connectivity index (χ4v) is 2.58. The lowest BCUT2D eigenvalue weighted by atomic mass is 10.1. The zero-order valence-corrected chi connectivity index (χ0v) is 12.5. The van der Waals surface area contributed by atoms with E-state index in [0.717, 1.165) is 37.8 Å². The molecule has 1 saturated heterocycles. The topological polar surface area (TPSA) is 51.1 Å². The second-order valence-electron chi connectivity index (χ2n) is 5.43. The number of aryl methyl sites for hydroxylation is 2. The first-order valence-electron chi connectivity index (χ1n) is 7.25. The van der Waals surface area contributed by atoms with E-state index in [1.165, 1.54) is 11.1 Å². The molecule has 3 heterocycles. The minimum atomic E-state index is 0.0254. The Kier molecular flexibility index (Phi) is 4.22. The van der Waals surface area contributed by atoms with Crippen molar-refractivity contribution in [3.63, 3.8) is 0 Å². The van der Waals surface area contributed by atoms with E-state index in [1.807, 2.05) is 25.4 Å². The molecule has 3 rings (SSSR count). The van der Waals surface area contributed by atoms with E-state index in [0.29, 0.717) is 0 Å². The molecular formula is C16H20N4O. The molecule has 5 heteroatoms. The van der Waals surface area contributed by atoms with Crippen LogP contribution in [0.25, 0.3) is 0 Å². The molecule has 5 nitrogen and oxygen atoms in total. The maximum Gasteiger partial charge on any atom is 0.125 e. The molecule has 1 fully saturated rings. The zero-order valence-electron chi connectivity index (χ0n) is 12.5. The first-order valence-corrected chi connectivity index (χ1v) is 7.25. The van der Waals surface area contributed by atoms with Crippen LogP contribution in [0.5, 0.6) is 0 Å². The van der Waals surface area contributed by atoms with Crippen LogP contribution in [0.4, 0.5) is 0 Å². The van der Waals surface area contributed by atoms with Crippen molar-refractivity contribution in [2.45, 2.75) is 26.5 Å². The van der Waals surface area contributed by atoms with Gasteiger partial charge >= 0.3 is 0 Å². The van der Waals surface area contributed by atoms with E-state index in [2.05, 4.69) is 32.8 Å². The summed E-state index contributed by atoms with van der Waals surface area (Å²) >= 11 is 0. The molecule has 0 aliphatic carbocycles. The third-order valence-electron chi connectivity index (χ3n) is 3.82. The maximum atomic E-state index is 5.87. The molecule has 0 aromatic carbocycles. The maximum absolute atomic E-state index is 5.87. The van der Waals surface area contributed by atoms with Crippen LogP contribution in [-0.4, -0.2) is 39.5 Å². The Balaban J connectivity index is 1.70. The van der Waals surface area contributed by atoms with Crippen LogP contribution in [0, 0.1) is 13.8 Å². The minimum Gasteiger partial charge on any atom is -0.369 e. The Morgan fingerprint density at radius 3 is 3.00 bits per heavy atom. The van der Waals surface area contributed by atoms with Gasteiger partial charge in [-0.2, -0.15) is 0 Å². The van der Waals surface area contributed by atoms with Crippen molar-refractivity contribution < 1.29 is 4.74 Å². The summed E-state index contributed by atoms with van der Waals surface area (Å²) in [5.41, 5.74) is 3.53. The Morgan fingerprint density at radius 2 is 2.19 bits per heavy atom. The number of nitrogens with zero attached hydrogens (tertiary/aromatic N) is 4. The van der Waals surface area contributed by atoms with Gasteiger partial charge in [-0.05, 0) is 37.1 Å². The molecular weight excluding hydrogens is 264 g/mol. The van der Waals surface area contributed by atoms with Crippen LogP contribution in [0.3, 0.4) is 0 Å². The summed E-state index contributed by atoms with van der Waals surface area (Å²) in [7, 11) is 0. The van der Waals surface area contributed by atoms with Crippen molar-refractivity contribution in [2.24, 2.45) is 0 Å². The highest BCUT2D eigenvalue weighted by molar-refractivity contribution is 5.21. The molecule has 0 radical (unpaired) electrons. The van der Waals surface area contributed by atoms with E-state index in [4.69, 9.17) is 4.74 Å². The largest absolute Gasteiger partial charge is 0.369 e. The molecule has 1 aliphatic rings. The van der Waals surface area contributed by atoms with Crippen LogP contribution >= 0.6 is 0 Å². The van der Waals surface area contributed by atoms with Gasteiger partial charge in [0.25, 0.3) is 0 Å². The van der Waals surface area contributed by atoms with Crippen LogP contribution in [-0.2, 0) is 11.3 Å². The van der Waals surface area contributed by atoms with Gasteiger partial charge in [-0.25, -0.2) is 9.97 Å². The predicted octanol–water partition coefficient (Wildman–Crippen LogP) is 2.06. The van der Waals surface area contributed by atoms with E-state index in [9.17, 15) is 0 Å². The summed E-state index contributed by atoms with van der Waals surface area (Å²) in [5, 5.41) is 0. The predicted molar refractivity (Wildman–Crippen MR) is 79.7 cm³/mol. The highest BCUT2D eigenvalue weighted by Crippen LogP contribution is 2.22. The molecule has 110 valence electrons. The number of pyridine rings is 1. The van der Waals surface area contributed by atoms with E-state index in [1.54, 1.807) is 6.20 Å². The normalized spacial score (nSPS) is 19.6. The second kappa shape index (κ2) is 6.28. The van der Waals surface area contributed by atoms with Gasteiger partial charge in [-0.1, -0.05) is 0 Å². The number of morpholine rings is 1. The molecule has 0 saturated carbocycles. The van der Waals surface area contributed by atoms with Gasteiger partial charge in [0.15, 0.2) is 0 Å². The molecule has 2 aromatic heterocycles. The lowest BCUT2D eigenvalue weighted by Crippen LogP contribution is -2.38. The minimum absolute atomic E-state index is 0.0254. The molecule has 0 N–H and O–H groups in total. The van der Waals surface area contributed by atoms with Gasteiger partial charge < -0.3 is 4.74 Å². The Labute approximate surface area is 125 Å². The first kappa shape index (κ1) is 14.1. The monoisotopic (exact) mass is 284 g/mol. The molecule has 1 unspecified atom stereocenters. The standard InChI is InChI=1S/C16H20N4O/c1-12-3-5-17-9-14(12)10-20-7-8-21-16(11-20)15-4-6-18-13(2)19-15/h3-6,9,16H,7-8,10-11H2,1-2H3. The lowest BCUT2D eigenvalue weighted by molar-refractivity contribution is -0.0352. The summed E-state index contributed by atoms with van der Waals surface area (Å²) in [5.74, 6) is 0.788. The summed E-state index contributed by atoms with van der Waals surface area (Å²) in [6, 6.07) is 4.00. The number of hydrogen-bond acceptors (Lipinski definition) is 5. The fourth-order valence-electron chi connectivity index (χ4n) is 2.58. The summed E-state index contributed by atoms with van der Waals surface area (Å²) in [4.78, 5) is 15.2. The molecule has 2 aromatic rings. The third-order valence-corrected chi connectivity index (χ3v) is 3.82. The first-order chi connectivity index (χ1) is 10.2. The van der Waals surface area contributed by atoms with Crippen LogP contribution < -0.4 is 0 Å². The quantitative estimate of drug-likeness (QED) is 0.863. The second-order valence-corrected chi connectivity index (χ2v) is 5.43. The SMILES string of the molecule is Cc1nccc(C2CN(Cc3cnccc3C)CCO2)n1. The van der Waals surface area contributed by atoms with Crippen molar-refractivity contribution in [2.75, 3.05) is 19.7 Å². The van der Waals surface area contributed by atoms with E-state index in [-0.39, 0.29) is 6.10 Å². The van der Waals surface area contributed by atoms with Crippen LogP contribution in [0.15, 0.2) is 30.7 Å². The highest BCUT2D eigenvalue weighted by atomic mass is 16.5. The van der Waals surface area contributed by atoms with Gasteiger partial charge in [-0.3, -0.25) is 9.88 Å². The van der Waals surface area contributed by atoms with Crippen molar-refractivity contribution in [1.29, 1.82) is 0 Å². The molecule has 1 aliphatic heterocycles. The highest BCUT2D eigenvalue weighted by Gasteiger charge is 2.23. The van der Waals surface area contributed by atoms with Crippen LogP contribution in [0.2, 0.25) is 0 Å². The number of aromatic nitrogens is 3. The van der Waals surface area contributed by atoms with Crippen molar-refractivity contribution in [3.8, 4) is 0 Å². The third kappa shape index (κ3) is 3.43. The Hall–Kier alpha value is -1.85. The van der Waals surface area contributed by atoms with Crippen molar-refractivity contribution in [1.82, 2.24) is 19.9 Å². The van der Waals surface area contributed by atoms with E-state index >= 15 is 0 Å². The number of rotatable bonds is 3.